The van der Waals surface area contributed by atoms with Crippen molar-refractivity contribution in [1.29, 1.82) is 0 Å². The van der Waals surface area contributed by atoms with Gasteiger partial charge in [0.1, 0.15) is 17.1 Å². The number of anilines is 1. The summed E-state index contributed by atoms with van der Waals surface area (Å²) in [6, 6.07) is 8.86. The Morgan fingerprint density at radius 2 is 2.00 bits per heavy atom. The predicted octanol–water partition coefficient (Wildman–Crippen LogP) is 2.41. The van der Waals surface area contributed by atoms with Gasteiger partial charge in [-0.3, -0.25) is 4.79 Å². The van der Waals surface area contributed by atoms with Crippen molar-refractivity contribution < 1.29 is 9.53 Å². The van der Waals surface area contributed by atoms with Gasteiger partial charge in [-0.05, 0) is 35.7 Å². The molecular formula is C16H15N3O3S. The van der Waals surface area contributed by atoms with Crippen LogP contribution in [0.2, 0.25) is 0 Å². The largest absolute Gasteiger partial charge is 0.454 e. The molecule has 1 N–H and O–H groups in total. The molecule has 0 atom stereocenters. The maximum absolute atomic E-state index is 12.0. The number of aromatic nitrogens is 2. The standard InChI is InChI=1S/C16H15N3O3S/c1-19(2)11-5-3-10(4-6-11)16(21)22-9-13-17-12-7-8-23-14(12)15(20)18-13/h3-8H,9H2,1-2H3,(H,17,18,20). The summed E-state index contributed by atoms with van der Waals surface area (Å²) >= 11 is 1.33. The Morgan fingerprint density at radius 1 is 1.26 bits per heavy atom. The molecule has 1 aromatic carbocycles. The summed E-state index contributed by atoms with van der Waals surface area (Å²) in [5.74, 6) is -0.123. The van der Waals surface area contributed by atoms with Crippen molar-refractivity contribution in [2.75, 3.05) is 19.0 Å². The Labute approximate surface area is 136 Å². The van der Waals surface area contributed by atoms with Gasteiger partial charge in [0.25, 0.3) is 5.56 Å². The predicted molar refractivity (Wildman–Crippen MR) is 90.1 cm³/mol. The summed E-state index contributed by atoms with van der Waals surface area (Å²) in [7, 11) is 3.85. The molecule has 6 nitrogen and oxygen atoms in total. The first-order chi connectivity index (χ1) is 11.0. The normalized spacial score (nSPS) is 10.7. The van der Waals surface area contributed by atoms with E-state index in [9.17, 15) is 9.59 Å². The van der Waals surface area contributed by atoms with E-state index in [1.807, 2.05) is 31.1 Å². The zero-order valence-corrected chi connectivity index (χ0v) is 13.5. The van der Waals surface area contributed by atoms with Gasteiger partial charge in [0, 0.05) is 19.8 Å². The van der Waals surface area contributed by atoms with E-state index in [1.165, 1.54) is 11.3 Å². The molecule has 0 fully saturated rings. The minimum Gasteiger partial charge on any atom is -0.454 e. The second kappa shape index (κ2) is 6.21. The number of nitrogens with one attached hydrogen (secondary N) is 1. The van der Waals surface area contributed by atoms with Gasteiger partial charge in [-0.25, -0.2) is 9.78 Å². The Hall–Kier alpha value is -2.67. The summed E-state index contributed by atoms with van der Waals surface area (Å²) in [4.78, 5) is 32.7. The first kappa shape index (κ1) is 15.2. The van der Waals surface area contributed by atoms with Crippen LogP contribution in [0.3, 0.4) is 0 Å². The van der Waals surface area contributed by atoms with Crippen LogP contribution in [0.5, 0.6) is 0 Å². The number of rotatable bonds is 4. The van der Waals surface area contributed by atoms with Gasteiger partial charge in [0.2, 0.25) is 0 Å². The second-order valence-corrected chi connectivity index (χ2v) is 6.08. The zero-order chi connectivity index (χ0) is 16.4. The van der Waals surface area contributed by atoms with E-state index >= 15 is 0 Å². The first-order valence-corrected chi connectivity index (χ1v) is 7.83. The fourth-order valence-corrected chi connectivity index (χ4v) is 2.83. The van der Waals surface area contributed by atoms with Crippen molar-refractivity contribution in [3.05, 3.63) is 57.5 Å². The Bertz CT molecular complexity index is 897. The minimum absolute atomic E-state index is 0.0741. The van der Waals surface area contributed by atoms with Gasteiger partial charge in [-0.2, -0.15) is 0 Å². The number of aromatic amines is 1. The molecule has 0 saturated heterocycles. The number of esters is 1. The van der Waals surface area contributed by atoms with E-state index in [4.69, 9.17) is 4.74 Å². The third-order valence-corrected chi connectivity index (χ3v) is 4.23. The van der Waals surface area contributed by atoms with E-state index in [0.29, 0.717) is 21.6 Å². The van der Waals surface area contributed by atoms with Crippen LogP contribution >= 0.6 is 11.3 Å². The topological polar surface area (TPSA) is 75.3 Å². The molecule has 0 aliphatic heterocycles. The molecule has 0 saturated carbocycles. The molecule has 0 aliphatic carbocycles. The van der Waals surface area contributed by atoms with Crippen LogP contribution in [0.4, 0.5) is 5.69 Å². The lowest BCUT2D eigenvalue weighted by Gasteiger charge is -2.12. The van der Waals surface area contributed by atoms with Crippen LogP contribution in [0.1, 0.15) is 16.2 Å². The highest BCUT2D eigenvalue weighted by molar-refractivity contribution is 7.17. The van der Waals surface area contributed by atoms with E-state index < -0.39 is 5.97 Å². The van der Waals surface area contributed by atoms with Gasteiger partial charge in [0.05, 0.1) is 11.1 Å². The third kappa shape index (κ3) is 3.24. The molecule has 7 heteroatoms. The fraction of sp³-hybridized carbons (Fsp3) is 0.188. The lowest BCUT2D eigenvalue weighted by molar-refractivity contribution is 0.0462. The van der Waals surface area contributed by atoms with Gasteiger partial charge < -0.3 is 14.6 Å². The average molecular weight is 329 g/mol. The van der Waals surface area contributed by atoms with Crippen molar-refractivity contribution in [3.8, 4) is 0 Å². The van der Waals surface area contributed by atoms with E-state index in [2.05, 4.69) is 9.97 Å². The number of nitrogens with zero attached hydrogens (tertiary/aromatic N) is 2. The number of benzene rings is 1. The highest BCUT2D eigenvalue weighted by Gasteiger charge is 2.10. The van der Waals surface area contributed by atoms with E-state index in [0.717, 1.165) is 5.69 Å². The average Bonchev–Trinajstić information content (AvgIpc) is 3.02. The van der Waals surface area contributed by atoms with Gasteiger partial charge >= 0.3 is 5.97 Å². The zero-order valence-electron chi connectivity index (χ0n) is 12.7. The van der Waals surface area contributed by atoms with Crippen LogP contribution < -0.4 is 10.5 Å². The summed E-state index contributed by atoms with van der Waals surface area (Å²) in [5.41, 5.74) is 1.84. The van der Waals surface area contributed by atoms with Crippen LogP contribution in [0, 0.1) is 0 Å². The van der Waals surface area contributed by atoms with E-state index in [-0.39, 0.29) is 12.2 Å². The molecule has 2 heterocycles. The highest BCUT2D eigenvalue weighted by atomic mass is 32.1. The smallest absolute Gasteiger partial charge is 0.338 e. The van der Waals surface area contributed by atoms with Crippen LogP contribution in [-0.4, -0.2) is 30.0 Å². The van der Waals surface area contributed by atoms with Crippen molar-refractivity contribution >= 4 is 33.2 Å². The molecule has 118 valence electrons. The monoisotopic (exact) mass is 329 g/mol. The number of carbonyl (C=O) groups excluding carboxylic acids is 1. The molecule has 0 bridgehead atoms. The number of carbonyl (C=O) groups is 1. The van der Waals surface area contributed by atoms with E-state index in [1.54, 1.807) is 23.6 Å². The summed E-state index contributed by atoms with van der Waals surface area (Å²) in [6.45, 7) is -0.0741. The molecule has 0 radical (unpaired) electrons. The van der Waals surface area contributed by atoms with Crippen LogP contribution in [-0.2, 0) is 11.3 Å². The molecule has 0 aliphatic rings. The Balaban J connectivity index is 1.71. The summed E-state index contributed by atoms with van der Waals surface area (Å²) in [5, 5.41) is 1.80. The number of thiophene rings is 1. The molecule has 0 amide bonds. The summed E-state index contributed by atoms with van der Waals surface area (Å²) < 4.78 is 5.78. The second-order valence-electron chi connectivity index (χ2n) is 5.17. The number of H-pyrrole nitrogens is 1. The first-order valence-electron chi connectivity index (χ1n) is 6.95. The quantitative estimate of drug-likeness (QED) is 0.744. The molecule has 3 rings (SSSR count). The molecule has 23 heavy (non-hydrogen) atoms. The Morgan fingerprint density at radius 3 is 2.70 bits per heavy atom. The maximum Gasteiger partial charge on any atom is 0.338 e. The Kier molecular flexibility index (Phi) is 4.12. The van der Waals surface area contributed by atoms with Crippen molar-refractivity contribution in [2.24, 2.45) is 0 Å². The third-order valence-electron chi connectivity index (χ3n) is 3.32. The molecule has 2 aromatic heterocycles. The van der Waals surface area contributed by atoms with Gasteiger partial charge in [-0.15, -0.1) is 11.3 Å². The maximum atomic E-state index is 12.0. The summed E-state index contributed by atoms with van der Waals surface area (Å²) in [6.07, 6.45) is 0. The lowest BCUT2D eigenvalue weighted by atomic mass is 10.2. The SMILES string of the molecule is CN(C)c1ccc(C(=O)OCc2nc3ccsc3c(=O)[nH]2)cc1. The van der Waals surface area contributed by atoms with Gasteiger partial charge in [-0.1, -0.05) is 0 Å². The lowest BCUT2D eigenvalue weighted by Crippen LogP contribution is -2.13. The van der Waals surface area contributed by atoms with Crippen LogP contribution in [0.25, 0.3) is 10.2 Å². The number of ether oxygens (including phenoxy) is 1. The molecule has 3 aromatic rings. The molecular weight excluding hydrogens is 314 g/mol. The minimum atomic E-state index is -0.455. The number of hydrogen-bond donors (Lipinski definition) is 1. The van der Waals surface area contributed by atoms with Crippen LogP contribution in [0.15, 0.2) is 40.5 Å². The molecule has 0 unspecified atom stereocenters. The molecule has 0 spiro atoms. The van der Waals surface area contributed by atoms with Crippen molar-refractivity contribution in [3.63, 3.8) is 0 Å². The number of fused-ring (bicyclic) bond motifs is 1. The van der Waals surface area contributed by atoms with Gasteiger partial charge in [0.15, 0.2) is 0 Å². The number of hydrogen-bond acceptors (Lipinski definition) is 6. The van der Waals surface area contributed by atoms with Crippen molar-refractivity contribution in [2.45, 2.75) is 6.61 Å². The highest BCUT2D eigenvalue weighted by Crippen LogP contribution is 2.15. The van der Waals surface area contributed by atoms with Crippen molar-refractivity contribution in [1.82, 2.24) is 9.97 Å². The fourth-order valence-electron chi connectivity index (χ4n) is 2.10.